The minimum Gasteiger partial charge on any atom is -0.223 e. The lowest BCUT2D eigenvalue weighted by Crippen LogP contribution is -2.28. The summed E-state index contributed by atoms with van der Waals surface area (Å²) in [6, 6.07) is 2.40. The van der Waals surface area contributed by atoms with Crippen molar-refractivity contribution in [3.63, 3.8) is 0 Å². The molecule has 0 spiro atoms. The Hall–Kier alpha value is -0.970. The summed E-state index contributed by atoms with van der Waals surface area (Å²) in [5.41, 5.74) is 0. The van der Waals surface area contributed by atoms with Crippen molar-refractivity contribution in [3.8, 4) is 0 Å². The molecule has 0 aromatic heterocycles. The molecule has 0 aliphatic heterocycles. The standard InChI is InChI=1S/C10H12F2O2S/c1-10(2,3)15(13,14)9-6-7(11)4-5-8(9)12/h4-6H,1-3H3. The Labute approximate surface area is 87.8 Å². The Kier molecular flexibility index (Phi) is 2.87. The van der Waals surface area contributed by atoms with Crippen molar-refractivity contribution in [2.45, 2.75) is 30.4 Å². The second kappa shape index (κ2) is 3.56. The average molecular weight is 234 g/mol. The maximum Gasteiger partial charge on any atom is 0.186 e. The second-order valence-corrected chi connectivity index (χ2v) is 6.86. The molecule has 0 radical (unpaired) electrons. The molecule has 1 aromatic rings. The van der Waals surface area contributed by atoms with E-state index >= 15 is 0 Å². The van der Waals surface area contributed by atoms with E-state index in [1.165, 1.54) is 20.8 Å². The van der Waals surface area contributed by atoms with Gasteiger partial charge < -0.3 is 0 Å². The van der Waals surface area contributed by atoms with Gasteiger partial charge in [-0.3, -0.25) is 0 Å². The minimum atomic E-state index is -3.84. The third kappa shape index (κ3) is 2.17. The van der Waals surface area contributed by atoms with E-state index in [-0.39, 0.29) is 0 Å². The van der Waals surface area contributed by atoms with Crippen LogP contribution >= 0.6 is 0 Å². The summed E-state index contributed by atoms with van der Waals surface area (Å²) in [5, 5.41) is 0. The van der Waals surface area contributed by atoms with Crippen LogP contribution in [0.1, 0.15) is 20.8 Å². The smallest absolute Gasteiger partial charge is 0.186 e. The van der Waals surface area contributed by atoms with Crippen molar-refractivity contribution in [2.24, 2.45) is 0 Å². The van der Waals surface area contributed by atoms with Gasteiger partial charge in [0.2, 0.25) is 0 Å². The van der Waals surface area contributed by atoms with Crippen molar-refractivity contribution in [3.05, 3.63) is 29.8 Å². The van der Waals surface area contributed by atoms with E-state index in [0.29, 0.717) is 6.07 Å². The summed E-state index contributed by atoms with van der Waals surface area (Å²) in [7, 11) is -3.84. The molecule has 0 unspecified atom stereocenters. The second-order valence-electron chi connectivity index (χ2n) is 4.19. The zero-order valence-electron chi connectivity index (χ0n) is 8.71. The van der Waals surface area contributed by atoms with E-state index in [0.717, 1.165) is 12.1 Å². The number of hydrogen-bond acceptors (Lipinski definition) is 2. The molecular weight excluding hydrogens is 222 g/mol. The van der Waals surface area contributed by atoms with Crippen molar-refractivity contribution in [2.75, 3.05) is 0 Å². The van der Waals surface area contributed by atoms with Crippen LogP contribution < -0.4 is 0 Å². The molecule has 84 valence electrons. The average Bonchev–Trinajstić information content (AvgIpc) is 2.07. The van der Waals surface area contributed by atoms with Gasteiger partial charge in [0.1, 0.15) is 16.5 Å². The third-order valence-electron chi connectivity index (χ3n) is 1.99. The highest BCUT2D eigenvalue weighted by molar-refractivity contribution is 7.92. The molecular formula is C10H12F2O2S. The zero-order valence-corrected chi connectivity index (χ0v) is 9.53. The van der Waals surface area contributed by atoms with Gasteiger partial charge in [-0.1, -0.05) is 0 Å². The van der Waals surface area contributed by atoms with Crippen LogP contribution in [0.2, 0.25) is 0 Å². The number of halogens is 2. The fourth-order valence-electron chi connectivity index (χ4n) is 1.01. The molecule has 0 heterocycles. The molecule has 0 saturated carbocycles. The Morgan fingerprint density at radius 3 is 2.13 bits per heavy atom. The van der Waals surface area contributed by atoms with Gasteiger partial charge >= 0.3 is 0 Å². The quantitative estimate of drug-likeness (QED) is 0.748. The predicted octanol–water partition coefficient (Wildman–Crippen LogP) is 2.54. The summed E-state index contributed by atoms with van der Waals surface area (Å²) in [5.74, 6) is -1.69. The van der Waals surface area contributed by atoms with Crippen LogP contribution in [0, 0.1) is 11.6 Å². The van der Waals surface area contributed by atoms with E-state index in [1.807, 2.05) is 0 Å². The van der Waals surface area contributed by atoms with Crippen LogP contribution in [0.5, 0.6) is 0 Å². The molecule has 0 fully saturated rings. The lowest BCUT2D eigenvalue weighted by molar-refractivity contribution is 0.533. The molecule has 0 atom stereocenters. The number of hydrogen-bond donors (Lipinski definition) is 0. The lowest BCUT2D eigenvalue weighted by Gasteiger charge is -2.19. The summed E-state index contributed by atoms with van der Waals surface area (Å²) < 4.78 is 48.6. The third-order valence-corrected chi connectivity index (χ3v) is 4.49. The van der Waals surface area contributed by atoms with Crippen LogP contribution in [0.25, 0.3) is 0 Å². The van der Waals surface area contributed by atoms with Crippen molar-refractivity contribution in [1.29, 1.82) is 0 Å². The van der Waals surface area contributed by atoms with E-state index in [4.69, 9.17) is 0 Å². The van der Waals surface area contributed by atoms with Gasteiger partial charge in [-0.15, -0.1) is 0 Å². The largest absolute Gasteiger partial charge is 0.223 e. The first-order chi connectivity index (χ1) is 6.66. The molecule has 0 amide bonds. The summed E-state index contributed by atoms with van der Waals surface area (Å²) in [4.78, 5) is -0.588. The van der Waals surface area contributed by atoms with Gasteiger partial charge in [-0.2, -0.15) is 0 Å². The molecule has 15 heavy (non-hydrogen) atoms. The van der Waals surface area contributed by atoms with Crippen LogP contribution in [0.3, 0.4) is 0 Å². The van der Waals surface area contributed by atoms with Gasteiger partial charge in [0.25, 0.3) is 0 Å². The highest BCUT2D eigenvalue weighted by atomic mass is 32.2. The molecule has 0 bridgehead atoms. The van der Waals surface area contributed by atoms with Gasteiger partial charge in [-0.25, -0.2) is 17.2 Å². The van der Waals surface area contributed by atoms with E-state index < -0.39 is 31.1 Å². The van der Waals surface area contributed by atoms with Crippen molar-refractivity contribution >= 4 is 9.84 Å². The summed E-state index contributed by atoms with van der Waals surface area (Å²) in [6.45, 7) is 4.31. The van der Waals surface area contributed by atoms with Crippen LogP contribution in [0.4, 0.5) is 8.78 Å². The first kappa shape index (κ1) is 12.1. The fraction of sp³-hybridized carbons (Fsp3) is 0.400. The van der Waals surface area contributed by atoms with E-state index in [2.05, 4.69) is 0 Å². The Morgan fingerprint density at radius 1 is 1.13 bits per heavy atom. The molecule has 5 heteroatoms. The van der Waals surface area contributed by atoms with Crippen molar-refractivity contribution in [1.82, 2.24) is 0 Å². The van der Waals surface area contributed by atoms with Crippen molar-refractivity contribution < 1.29 is 17.2 Å². The fourth-order valence-corrected chi connectivity index (χ4v) is 2.27. The predicted molar refractivity (Wildman–Crippen MR) is 53.3 cm³/mol. The Bertz CT molecular complexity index is 473. The summed E-state index contributed by atoms with van der Waals surface area (Å²) in [6.07, 6.45) is 0. The highest BCUT2D eigenvalue weighted by Gasteiger charge is 2.33. The van der Waals surface area contributed by atoms with Crippen LogP contribution in [-0.4, -0.2) is 13.2 Å². The van der Waals surface area contributed by atoms with Gasteiger partial charge in [0, 0.05) is 0 Å². The first-order valence-electron chi connectivity index (χ1n) is 4.36. The van der Waals surface area contributed by atoms with Crippen LogP contribution in [0.15, 0.2) is 23.1 Å². The Balaban J connectivity index is 3.47. The van der Waals surface area contributed by atoms with Gasteiger partial charge in [0.15, 0.2) is 9.84 Å². The SMILES string of the molecule is CC(C)(C)S(=O)(=O)c1cc(F)ccc1F. The maximum absolute atomic E-state index is 13.2. The normalized spacial score (nSPS) is 12.9. The van der Waals surface area contributed by atoms with Gasteiger partial charge in [0.05, 0.1) is 4.75 Å². The minimum absolute atomic E-state index is 0.588. The number of sulfone groups is 1. The molecule has 1 aromatic carbocycles. The van der Waals surface area contributed by atoms with E-state index in [1.54, 1.807) is 0 Å². The van der Waals surface area contributed by atoms with Gasteiger partial charge in [-0.05, 0) is 39.0 Å². The van der Waals surface area contributed by atoms with E-state index in [9.17, 15) is 17.2 Å². The van der Waals surface area contributed by atoms with Crippen LogP contribution in [-0.2, 0) is 9.84 Å². The lowest BCUT2D eigenvalue weighted by atomic mass is 10.3. The monoisotopic (exact) mass is 234 g/mol. The molecule has 0 N–H and O–H groups in total. The first-order valence-corrected chi connectivity index (χ1v) is 5.84. The molecule has 0 saturated heterocycles. The molecule has 2 nitrogen and oxygen atoms in total. The highest BCUT2D eigenvalue weighted by Crippen LogP contribution is 2.27. The zero-order chi connectivity index (χ0) is 11.9. The topological polar surface area (TPSA) is 34.1 Å². The summed E-state index contributed by atoms with van der Waals surface area (Å²) >= 11 is 0. The number of rotatable bonds is 1. The Morgan fingerprint density at radius 2 is 1.67 bits per heavy atom. The maximum atomic E-state index is 13.2. The number of benzene rings is 1. The molecule has 0 aliphatic carbocycles. The molecule has 0 aliphatic rings. The molecule has 1 rings (SSSR count).